The highest BCUT2D eigenvalue weighted by atomic mass is 19.4. The van der Waals surface area contributed by atoms with E-state index in [1.807, 2.05) is 25.1 Å². The number of carbonyl (C=O) groups is 2. The first-order chi connectivity index (χ1) is 19.4. The summed E-state index contributed by atoms with van der Waals surface area (Å²) in [5.41, 5.74) is 2.99. The number of anilines is 1. The summed E-state index contributed by atoms with van der Waals surface area (Å²) in [5, 5.41) is 19.4. The minimum absolute atomic E-state index is 0.0522. The Labute approximate surface area is 233 Å². The number of aryl methyl sites for hydroxylation is 1. The van der Waals surface area contributed by atoms with E-state index in [0.717, 1.165) is 22.5 Å². The first kappa shape index (κ1) is 30.0. The molecule has 5 heterocycles. The van der Waals surface area contributed by atoms with E-state index < -0.39 is 24.2 Å². The molecule has 2 aromatic rings. The molecule has 41 heavy (non-hydrogen) atoms. The monoisotopic (exact) mass is 578 g/mol. The highest BCUT2D eigenvalue weighted by molar-refractivity contribution is 5.74. The van der Waals surface area contributed by atoms with Crippen LogP contribution in [0.25, 0.3) is 0 Å². The number of pyridine rings is 2. The van der Waals surface area contributed by atoms with Gasteiger partial charge in [0.1, 0.15) is 23.4 Å². The van der Waals surface area contributed by atoms with E-state index in [1.165, 1.54) is 0 Å². The number of nitrogens with zero attached hydrogens (tertiary/aromatic N) is 3. The number of ether oxygens (including phenoxy) is 3. The molecule has 0 amide bonds. The van der Waals surface area contributed by atoms with Crippen molar-refractivity contribution in [2.24, 2.45) is 0 Å². The SMILES string of the molecule is Cc1ncccc1C#Cc1cnc(O[C@@H]2CN[C@H](C(=O)O)C2)c(N2CCOC3(COC3)[C@@H]2C)c1.O=C(O)C(F)(F)F. The maximum Gasteiger partial charge on any atom is 0.490 e. The molecule has 1 spiro atoms. The second kappa shape index (κ2) is 12.3. The molecular formula is C27H29F3N4O7. The summed E-state index contributed by atoms with van der Waals surface area (Å²) >= 11 is 0. The van der Waals surface area contributed by atoms with Crippen LogP contribution < -0.4 is 15.0 Å². The number of alkyl halides is 3. The van der Waals surface area contributed by atoms with Crippen LogP contribution in [0.2, 0.25) is 0 Å². The molecule has 11 nitrogen and oxygen atoms in total. The highest BCUT2D eigenvalue weighted by Gasteiger charge is 2.50. The van der Waals surface area contributed by atoms with Crippen molar-refractivity contribution in [3.05, 3.63) is 47.4 Å². The minimum Gasteiger partial charge on any atom is -0.480 e. The van der Waals surface area contributed by atoms with Crippen LogP contribution in [-0.4, -0.2) is 95.0 Å². The van der Waals surface area contributed by atoms with E-state index in [9.17, 15) is 23.1 Å². The van der Waals surface area contributed by atoms with Crippen molar-refractivity contribution in [3.63, 3.8) is 0 Å². The summed E-state index contributed by atoms with van der Waals surface area (Å²) in [6.07, 6.45) is -1.53. The number of aliphatic carboxylic acids is 2. The number of aromatic nitrogens is 2. The topological polar surface area (TPSA) is 143 Å². The molecule has 3 saturated heterocycles. The van der Waals surface area contributed by atoms with E-state index in [1.54, 1.807) is 12.4 Å². The Morgan fingerprint density at radius 2 is 1.98 bits per heavy atom. The van der Waals surface area contributed by atoms with Gasteiger partial charge in [0.05, 0.1) is 31.6 Å². The van der Waals surface area contributed by atoms with Crippen LogP contribution in [-0.2, 0) is 19.1 Å². The van der Waals surface area contributed by atoms with Crippen molar-refractivity contribution in [3.8, 4) is 17.7 Å². The summed E-state index contributed by atoms with van der Waals surface area (Å²) in [4.78, 5) is 31.4. The Balaban J connectivity index is 0.000000493. The van der Waals surface area contributed by atoms with E-state index in [2.05, 4.69) is 38.9 Å². The molecule has 3 aliphatic rings. The number of carboxylic acids is 2. The molecule has 220 valence electrons. The zero-order chi connectivity index (χ0) is 29.8. The van der Waals surface area contributed by atoms with Crippen molar-refractivity contribution in [1.29, 1.82) is 0 Å². The number of carboxylic acid groups (broad SMARTS) is 2. The number of morpholine rings is 1. The maximum atomic E-state index is 11.3. The van der Waals surface area contributed by atoms with Gasteiger partial charge in [-0.25, -0.2) is 9.78 Å². The molecular weight excluding hydrogens is 549 g/mol. The van der Waals surface area contributed by atoms with Crippen molar-refractivity contribution < 1.29 is 47.2 Å². The van der Waals surface area contributed by atoms with Gasteiger partial charge in [-0.05, 0) is 32.0 Å². The standard InChI is InChI=1S/C25H28N4O5.C2HF3O2/c1-16-19(4-3-7-26-16)6-5-18-10-22(29-8-9-33-25(17(29)2)14-32-15-25)23(28-12-18)34-20-11-21(24(30)31)27-13-20;3-2(4,5)1(6)7/h3-4,7,10,12,17,20-21,27H,8-9,11,13-15H2,1-2H3,(H,30,31);(H,6,7)/t17-,20-,21-;/m0./s1. The molecule has 5 rings (SSSR count). The first-order valence-corrected chi connectivity index (χ1v) is 12.7. The van der Waals surface area contributed by atoms with Crippen LogP contribution in [0.5, 0.6) is 5.88 Å². The average Bonchev–Trinajstić information content (AvgIpc) is 3.37. The largest absolute Gasteiger partial charge is 0.490 e. The Bertz CT molecular complexity index is 1340. The van der Waals surface area contributed by atoms with Gasteiger partial charge in [0.2, 0.25) is 5.88 Å². The van der Waals surface area contributed by atoms with Gasteiger partial charge >= 0.3 is 18.1 Å². The molecule has 0 aromatic carbocycles. The van der Waals surface area contributed by atoms with Crippen molar-refractivity contribution in [2.45, 2.75) is 50.2 Å². The number of hydrogen-bond acceptors (Lipinski definition) is 9. The summed E-state index contributed by atoms with van der Waals surface area (Å²) in [7, 11) is 0. The normalized spacial score (nSPS) is 23.0. The lowest BCUT2D eigenvalue weighted by atomic mass is 9.90. The highest BCUT2D eigenvalue weighted by Crippen LogP contribution is 2.38. The number of halogens is 3. The van der Waals surface area contributed by atoms with Crippen LogP contribution in [0.15, 0.2) is 30.6 Å². The maximum absolute atomic E-state index is 11.3. The lowest BCUT2D eigenvalue weighted by molar-refractivity contribution is -0.228. The van der Waals surface area contributed by atoms with E-state index in [0.29, 0.717) is 45.2 Å². The van der Waals surface area contributed by atoms with Gasteiger partial charge in [-0.3, -0.25) is 9.78 Å². The lowest BCUT2D eigenvalue weighted by Gasteiger charge is -2.53. The summed E-state index contributed by atoms with van der Waals surface area (Å²) in [6, 6.07) is 5.24. The fraction of sp³-hybridized carbons (Fsp3) is 0.481. The third-order valence-corrected chi connectivity index (χ3v) is 7.04. The predicted molar refractivity (Wildman–Crippen MR) is 138 cm³/mol. The zero-order valence-electron chi connectivity index (χ0n) is 22.3. The van der Waals surface area contributed by atoms with Gasteiger partial charge in [-0.1, -0.05) is 11.8 Å². The van der Waals surface area contributed by atoms with E-state index >= 15 is 0 Å². The molecule has 0 aliphatic carbocycles. The van der Waals surface area contributed by atoms with E-state index in [-0.39, 0.29) is 17.7 Å². The molecule has 3 aliphatic heterocycles. The van der Waals surface area contributed by atoms with Crippen LogP contribution >= 0.6 is 0 Å². The summed E-state index contributed by atoms with van der Waals surface area (Å²) < 4.78 is 49.5. The molecule has 0 saturated carbocycles. The molecule has 3 atom stereocenters. The van der Waals surface area contributed by atoms with Gasteiger partial charge in [0.15, 0.2) is 0 Å². The minimum atomic E-state index is -5.08. The van der Waals surface area contributed by atoms with Gasteiger partial charge in [-0.15, -0.1) is 0 Å². The van der Waals surface area contributed by atoms with Crippen molar-refractivity contribution in [2.75, 3.05) is 37.8 Å². The second-order valence-corrected chi connectivity index (χ2v) is 9.79. The fourth-order valence-electron chi connectivity index (χ4n) is 4.60. The van der Waals surface area contributed by atoms with Crippen molar-refractivity contribution in [1.82, 2.24) is 15.3 Å². The number of nitrogens with one attached hydrogen (secondary N) is 1. The van der Waals surface area contributed by atoms with Gasteiger partial charge < -0.3 is 34.6 Å². The van der Waals surface area contributed by atoms with Crippen LogP contribution in [0.4, 0.5) is 18.9 Å². The van der Waals surface area contributed by atoms with Crippen LogP contribution in [0.1, 0.15) is 30.2 Å². The quantitative estimate of drug-likeness (QED) is 0.459. The molecule has 14 heteroatoms. The van der Waals surface area contributed by atoms with Crippen molar-refractivity contribution >= 4 is 17.6 Å². The zero-order valence-corrected chi connectivity index (χ0v) is 22.3. The molecule has 3 fully saturated rings. The Kier molecular flexibility index (Phi) is 9.01. The van der Waals surface area contributed by atoms with Crippen LogP contribution in [0, 0.1) is 18.8 Å². The number of rotatable bonds is 4. The molecule has 0 unspecified atom stereocenters. The average molecular weight is 579 g/mol. The smallest absolute Gasteiger partial charge is 0.480 e. The summed E-state index contributed by atoms with van der Waals surface area (Å²) in [5.74, 6) is 3.24. The fourth-order valence-corrected chi connectivity index (χ4v) is 4.60. The number of hydrogen-bond donors (Lipinski definition) is 3. The van der Waals surface area contributed by atoms with Gasteiger partial charge in [-0.2, -0.15) is 13.2 Å². The molecule has 0 radical (unpaired) electrons. The summed E-state index contributed by atoms with van der Waals surface area (Å²) in [6.45, 7) is 6.88. The Hall–Kier alpha value is -3.93. The van der Waals surface area contributed by atoms with Gasteiger partial charge in [0, 0.05) is 43.0 Å². The van der Waals surface area contributed by atoms with Crippen LogP contribution in [0.3, 0.4) is 0 Å². The third-order valence-electron chi connectivity index (χ3n) is 7.04. The lowest BCUT2D eigenvalue weighted by Crippen LogP contribution is -2.68. The predicted octanol–water partition coefficient (Wildman–Crippen LogP) is 2.01. The van der Waals surface area contributed by atoms with Gasteiger partial charge in [0.25, 0.3) is 0 Å². The Morgan fingerprint density at radius 3 is 2.56 bits per heavy atom. The molecule has 2 aromatic heterocycles. The first-order valence-electron chi connectivity index (χ1n) is 12.7. The Morgan fingerprint density at radius 1 is 1.24 bits per heavy atom. The molecule has 0 bridgehead atoms. The third kappa shape index (κ3) is 7.05. The second-order valence-electron chi connectivity index (χ2n) is 9.79. The van der Waals surface area contributed by atoms with E-state index in [4.69, 9.17) is 24.1 Å². The molecule has 3 N–H and O–H groups in total.